The minimum atomic E-state index is 0.0687. The van der Waals surface area contributed by atoms with E-state index in [2.05, 4.69) is 28.6 Å². The van der Waals surface area contributed by atoms with Crippen LogP contribution in [0.1, 0.15) is 30.0 Å². The van der Waals surface area contributed by atoms with E-state index >= 15 is 0 Å². The first-order valence-corrected chi connectivity index (χ1v) is 6.78. The number of rotatable bonds is 3. The number of imidazole rings is 1. The second-order valence-corrected chi connectivity index (χ2v) is 4.81. The lowest BCUT2D eigenvalue weighted by molar-refractivity contribution is 0.101. The minimum absolute atomic E-state index is 0.0687. The van der Waals surface area contributed by atoms with Gasteiger partial charge in [0, 0.05) is 17.7 Å². The molecule has 0 saturated heterocycles. The number of fused-ring (bicyclic) bond motifs is 1. The molecule has 0 radical (unpaired) electrons. The highest BCUT2D eigenvalue weighted by Gasteiger charge is 2.12. The van der Waals surface area contributed by atoms with E-state index in [1.165, 1.54) is 0 Å². The Morgan fingerprint density at radius 3 is 2.55 bits per heavy atom. The smallest absolute Gasteiger partial charge is 0.159 e. The van der Waals surface area contributed by atoms with E-state index in [4.69, 9.17) is 0 Å². The van der Waals surface area contributed by atoms with Crippen LogP contribution in [0.3, 0.4) is 0 Å². The summed E-state index contributed by atoms with van der Waals surface area (Å²) in [6, 6.07) is 15.9. The molecular formula is C17H16N2O. The Hall–Kier alpha value is -2.42. The maximum absolute atomic E-state index is 11.5. The molecule has 0 aliphatic rings. The van der Waals surface area contributed by atoms with E-state index in [1.54, 1.807) is 6.92 Å². The zero-order chi connectivity index (χ0) is 14.1. The van der Waals surface area contributed by atoms with Crippen LogP contribution in [-0.2, 0) is 6.42 Å². The SMILES string of the molecule is CCc1nc2cc(C(C)=O)ccc2n1-c1ccccc1. The third-order valence-electron chi connectivity index (χ3n) is 3.46. The van der Waals surface area contributed by atoms with Crippen molar-refractivity contribution in [3.63, 3.8) is 0 Å². The molecular weight excluding hydrogens is 248 g/mol. The lowest BCUT2D eigenvalue weighted by atomic mass is 10.1. The summed E-state index contributed by atoms with van der Waals surface area (Å²) in [5, 5.41) is 0. The highest BCUT2D eigenvalue weighted by molar-refractivity contribution is 5.97. The zero-order valence-electron chi connectivity index (χ0n) is 11.6. The van der Waals surface area contributed by atoms with Crippen molar-refractivity contribution in [1.29, 1.82) is 0 Å². The molecule has 0 unspecified atom stereocenters. The molecule has 0 aliphatic carbocycles. The molecule has 1 heterocycles. The standard InChI is InChI=1S/C17H16N2O/c1-3-17-18-15-11-13(12(2)20)9-10-16(15)19(17)14-7-5-4-6-8-14/h4-11H,3H2,1-2H3. The van der Waals surface area contributed by atoms with Gasteiger partial charge in [0.05, 0.1) is 11.0 Å². The van der Waals surface area contributed by atoms with E-state index in [-0.39, 0.29) is 5.78 Å². The van der Waals surface area contributed by atoms with Gasteiger partial charge in [-0.2, -0.15) is 0 Å². The number of benzene rings is 2. The fraction of sp³-hybridized carbons (Fsp3) is 0.176. The number of nitrogens with zero attached hydrogens (tertiary/aromatic N) is 2. The highest BCUT2D eigenvalue weighted by atomic mass is 16.1. The zero-order valence-corrected chi connectivity index (χ0v) is 11.6. The average molecular weight is 264 g/mol. The number of aromatic nitrogens is 2. The average Bonchev–Trinajstić information content (AvgIpc) is 2.85. The van der Waals surface area contributed by atoms with Crippen molar-refractivity contribution < 1.29 is 4.79 Å². The Bertz CT molecular complexity index is 772. The summed E-state index contributed by atoms with van der Waals surface area (Å²) in [6.07, 6.45) is 0.846. The monoisotopic (exact) mass is 264 g/mol. The molecule has 3 nitrogen and oxygen atoms in total. The third-order valence-corrected chi connectivity index (χ3v) is 3.46. The van der Waals surface area contributed by atoms with Crippen LogP contribution in [-0.4, -0.2) is 15.3 Å². The van der Waals surface area contributed by atoms with Crippen LogP contribution in [0.25, 0.3) is 16.7 Å². The van der Waals surface area contributed by atoms with Crippen molar-refractivity contribution in [2.45, 2.75) is 20.3 Å². The summed E-state index contributed by atoms with van der Waals surface area (Å²) >= 11 is 0. The third kappa shape index (κ3) is 2.01. The normalized spacial score (nSPS) is 10.9. The molecule has 20 heavy (non-hydrogen) atoms. The summed E-state index contributed by atoms with van der Waals surface area (Å²) < 4.78 is 2.15. The quantitative estimate of drug-likeness (QED) is 0.674. The van der Waals surface area contributed by atoms with E-state index in [0.717, 1.165) is 29.0 Å². The molecule has 3 rings (SSSR count). The number of para-hydroxylation sites is 1. The first-order chi connectivity index (χ1) is 9.70. The Morgan fingerprint density at radius 2 is 1.90 bits per heavy atom. The molecule has 0 spiro atoms. The molecule has 0 fully saturated rings. The molecule has 0 aliphatic heterocycles. The summed E-state index contributed by atoms with van der Waals surface area (Å²) in [6.45, 7) is 3.67. The van der Waals surface area contributed by atoms with Crippen LogP contribution >= 0.6 is 0 Å². The molecule has 3 heteroatoms. The minimum Gasteiger partial charge on any atom is -0.296 e. The predicted octanol–water partition coefficient (Wildman–Crippen LogP) is 3.79. The summed E-state index contributed by atoms with van der Waals surface area (Å²) in [5.74, 6) is 1.08. The number of Topliss-reactive ketones (excluding diaryl/α,β-unsaturated/α-hetero) is 1. The van der Waals surface area contributed by atoms with E-state index in [0.29, 0.717) is 5.56 Å². The van der Waals surface area contributed by atoms with Crippen LogP contribution in [0, 0.1) is 0 Å². The van der Waals surface area contributed by atoms with Gasteiger partial charge in [-0.3, -0.25) is 9.36 Å². The van der Waals surface area contributed by atoms with Crippen molar-refractivity contribution in [3.05, 3.63) is 59.9 Å². The van der Waals surface area contributed by atoms with Gasteiger partial charge in [0.1, 0.15) is 5.82 Å². The van der Waals surface area contributed by atoms with Gasteiger partial charge in [-0.05, 0) is 37.3 Å². The molecule has 0 atom stereocenters. The molecule has 0 bridgehead atoms. The largest absolute Gasteiger partial charge is 0.296 e. The van der Waals surface area contributed by atoms with Gasteiger partial charge in [0.2, 0.25) is 0 Å². The van der Waals surface area contributed by atoms with Gasteiger partial charge in [-0.1, -0.05) is 25.1 Å². The lowest BCUT2D eigenvalue weighted by Gasteiger charge is -2.07. The van der Waals surface area contributed by atoms with E-state index < -0.39 is 0 Å². The molecule has 3 aromatic rings. The van der Waals surface area contributed by atoms with Gasteiger partial charge >= 0.3 is 0 Å². The van der Waals surface area contributed by atoms with Gasteiger partial charge in [0.15, 0.2) is 5.78 Å². The number of hydrogen-bond donors (Lipinski definition) is 0. The van der Waals surface area contributed by atoms with Crippen LogP contribution in [0.2, 0.25) is 0 Å². The Morgan fingerprint density at radius 1 is 1.15 bits per heavy atom. The summed E-state index contributed by atoms with van der Waals surface area (Å²) in [4.78, 5) is 16.1. The molecule has 0 amide bonds. The van der Waals surface area contributed by atoms with Crippen molar-refractivity contribution in [2.24, 2.45) is 0 Å². The second-order valence-electron chi connectivity index (χ2n) is 4.81. The van der Waals surface area contributed by atoms with Gasteiger partial charge in [0.25, 0.3) is 0 Å². The highest BCUT2D eigenvalue weighted by Crippen LogP contribution is 2.23. The van der Waals surface area contributed by atoms with Crippen molar-refractivity contribution in [1.82, 2.24) is 9.55 Å². The number of ketones is 1. The van der Waals surface area contributed by atoms with Crippen molar-refractivity contribution >= 4 is 16.8 Å². The van der Waals surface area contributed by atoms with Gasteiger partial charge in [-0.15, -0.1) is 0 Å². The first-order valence-electron chi connectivity index (χ1n) is 6.78. The maximum atomic E-state index is 11.5. The van der Waals surface area contributed by atoms with Crippen LogP contribution in [0.4, 0.5) is 0 Å². The molecule has 0 saturated carbocycles. The molecule has 100 valence electrons. The number of carbonyl (C=O) groups excluding carboxylic acids is 1. The number of aryl methyl sites for hydroxylation is 1. The second kappa shape index (κ2) is 4.93. The fourth-order valence-electron chi connectivity index (χ4n) is 2.45. The Balaban J connectivity index is 2.28. The van der Waals surface area contributed by atoms with Crippen LogP contribution in [0.5, 0.6) is 0 Å². The summed E-state index contributed by atoms with van der Waals surface area (Å²) in [5.41, 5.74) is 3.72. The van der Waals surface area contributed by atoms with Crippen molar-refractivity contribution in [2.75, 3.05) is 0 Å². The summed E-state index contributed by atoms with van der Waals surface area (Å²) in [7, 11) is 0. The molecule has 0 N–H and O–H groups in total. The lowest BCUT2D eigenvalue weighted by Crippen LogP contribution is -1.99. The molecule has 2 aromatic carbocycles. The van der Waals surface area contributed by atoms with E-state index in [9.17, 15) is 4.79 Å². The molecule has 1 aromatic heterocycles. The van der Waals surface area contributed by atoms with E-state index in [1.807, 2.05) is 36.4 Å². The van der Waals surface area contributed by atoms with Gasteiger partial charge < -0.3 is 0 Å². The van der Waals surface area contributed by atoms with Crippen molar-refractivity contribution in [3.8, 4) is 5.69 Å². The Kier molecular flexibility index (Phi) is 3.11. The van der Waals surface area contributed by atoms with Gasteiger partial charge in [-0.25, -0.2) is 4.98 Å². The predicted molar refractivity (Wildman–Crippen MR) is 80.5 cm³/mol. The maximum Gasteiger partial charge on any atom is 0.159 e. The van der Waals surface area contributed by atoms with Crippen LogP contribution < -0.4 is 0 Å². The number of carbonyl (C=O) groups is 1. The topological polar surface area (TPSA) is 34.9 Å². The fourth-order valence-corrected chi connectivity index (χ4v) is 2.45. The number of hydrogen-bond acceptors (Lipinski definition) is 2. The first kappa shape index (κ1) is 12.6. The Labute approximate surface area is 117 Å². The van der Waals surface area contributed by atoms with Crippen LogP contribution in [0.15, 0.2) is 48.5 Å².